The van der Waals surface area contributed by atoms with Crippen molar-refractivity contribution in [3.8, 4) is 5.75 Å². The lowest BCUT2D eigenvalue weighted by Crippen LogP contribution is -2.48. The zero-order chi connectivity index (χ0) is 26.2. The summed E-state index contributed by atoms with van der Waals surface area (Å²) in [6.45, 7) is 1.80. The lowest BCUT2D eigenvalue weighted by atomic mass is 9.93. The topological polar surface area (TPSA) is 70.7 Å². The Morgan fingerprint density at radius 3 is 2.46 bits per heavy atom. The van der Waals surface area contributed by atoms with E-state index < -0.39 is 11.9 Å². The van der Waals surface area contributed by atoms with Crippen molar-refractivity contribution in [2.45, 2.75) is 51.1 Å². The Morgan fingerprint density at radius 1 is 1.00 bits per heavy atom. The van der Waals surface area contributed by atoms with Gasteiger partial charge < -0.3 is 15.4 Å². The van der Waals surface area contributed by atoms with Gasteiger partial charge in [0.15, 0.2) is 0 Å². The van der Waals surface area contributed by atoms with Crippen molar-refractivity contribution < 1.29 is 18.7 Å². The van der Waals surface area contributed by atoms with Gasteiger partial charge in [-0.1, -0.05) is 61.7 Å². The Labute approximate surface area is 217 Å². The third kappa shape index (κ3) is 6.47. The monoisotopic (exact) mass is 503 g/mol. The number of rotatable bonds is 9. The van der Waals surface area contributed by atoms with Crippen molar-refractivity contribution in [3.05, 3.63) is 89.7 Å². The van der Waals surface area contributed by atoms with E-state index in [1.54, 1.807) is 25.3 Å². The Morgan fingerprint density at radius 2 is 1.73 bits per heavy atom. The lowest BCUT2D eigenvalue weighted by molar-refractivity contribution is -0.126. The zero-order valence-electron chi connectivity index (χ0n) is 21.4. The normalized spacial score (nSPS) is 14.5. The fourth-order valence-electron chi connectivity index (χ4n) is 4.93. The molecule has 1 aliphatic carbocycles. The quantitative estimate of drug-likeness (QED) is 0.389. The number of hydrogen-bond acceptors (Lipinski definition) is 4. The standard InChI is InChI=1S/C30H34FN3O3/c1-21-11-6-7-16-25(21)29(30(36)33-23-13-4-3-5-14-23)34(24-15-10-12-22(31)19-24)28(35)20-32-26-17-8-9-18-27(26)37-2/h6-12,15-19,23,29,32H,3-5,13-14,20H2,1-2H3,(H,33,36). The summed E-state index contributed by atoms with van der Waals surface area (Å²) in [4.78, 5) is 29.2. The van der Waals surface area contributed by atoms with Crippen molar-refractivity contribution in [3.63, 3.8) is 0 Å². The second kappa shape index (κ2) is 12.4. The minimum Gasteiger partial charge on any atom is -0.495 e. The molecule has 37 heavy (non-hydrogen) atoms. The molecule has 0 aromatic heterocycles. The highest BCUT2D eigenvalue weighted by Gasteiger charge is 2.35. The van der Waals surface area contributed by atoms with E-state index in [9.17, 15) is 14.0 Å². The van der Waals surface area contributed by atoms with Crippen LogP contribution < -0.4 is 20.3 Å². The Hall–Kier alpha value is -3.87. The number of amides is 2. The van der Waals surface area contributed by atoms with E-state index in [2.05, 4.69) is 10.6 Å². The summed E-state index contributed by atoms with van der Waals surface area (Å²) in [6.07, 6.45) is 5.12. The summed E-state index contributed by atoms with van der Waals surface area (Å²) in [6, 6.07) is 19.7. The molecule has 1 aliphatic rings. The summed E-state index contributed by atoms with van der Waals surface area (Å²) in [5, 5.41) is 6.32. The Balaban J connectivity index is 1.72. The summed E-state index contributed by atoms with van der Waals surface area (Å²) in [5.74, 6) is -0.526. The number of carbonyl (C=O) groups is 2. The predicted octanol–water partition coefficient (Wildman–Crippen LogP) is 5.78. The van der Waals surface area contributed by atoms with Gasteiger partial charge in [-0.2, -0.15) is 0 Å². The first-order valence-corrected chi connectivity index (χ1v) is 12.8. The maximum Gasteiger partial charge on any atom is 0.248 e. The van der Waals surface area contributed by atoms with Crippen molar-refractivity contribution in [1.29, 1.82) is 0 Å². The van der Waals surface area contributed by atoms with Gasteiger partial charge in [-0.25, -0.2) is 4.39 Å². The molecular formula is C30H34FN3O3. The summed E-state index contributed by atoms with van der Waals surface area (Å²) in [5.41, 5.74) is 2.54. The van der Waals surface area contributed by atoms with Crippen molar-refractivity contribution >= 4 is 23.2 Å². The third-order valence-corrected chi connectivity index (χ3v) is 6.83. The average molecular weight is 504 g/mol. The van der Waals surface area contributed by atoms with Gasteiger partial charge in [-0.05, 0) is 61.2 Å². The van der Waals surface area contributed by atoms with Crippen molar-refractivity contribution in [1.82, 2.24) is 5.32 Å². The van der Waals surface area contributed by atoms with Crippen LogP contribution in [0.25, 0.3) is 0 Å². The molecule has 1 fully saturated rings. The van der Waals surface area contributed by atoms with Crippen LogP contribution in [0.3, 0.4) is 0 Å². The van der Waals surface area contributed by atoms with Crippen LogP contribution in [-0.2, 0) is 9.59 Å². The maximum absolute atomic E-state index is 14.4. The van der Waals surface area contributed by atoms with Crippen LogP contribution in [0.15, 0.2) is 72.8 Å². The van der Waals surface area contributed by atoms with E-state index in [0.717, 1.165) is 37.7 Å². The number of benzene rings is 3. The van der Waals surface area contributed by atoms with Crippen LogP contribution in [0.5, 0.6) is 5.75 Å². The van der Waals surface area contributed by atoms with Gasteiger partial charge in [0.25, 0.3) is 0 Å². The molecule has 7 heteroatoms. The number of nitrogens with zero attached hydrogens (tertiary/aromatic N) is 1. The van der Waals surface area contributed by atoms with Crippen LogP contribution >= 0.6 is 0 Å². The van der Waals surface area contributed by atoms with Gasteiger partial charge >= 0.3 is 0 Å². The molecule has 6 nitrogen and oxygen atoms in total. The lowest BCUT2D eigenvalue weighted by Gasteiger charge is -2.34. The van der Waals surface area contributed by atoms with Gasteiger partial charge in [-0.15, -0.1) is 0 Å². The molecule has 0 aliphatic heterocycles. The summed E-state index contributed by atoms with van der Waals surface area (Å²) >= 11 is 0. The van der Waals surface area contributed by atoms with Gasteiger partial charge in [-0.3, -0.25) is 14.5 Å². The molecule has 2 N–H and O–H groups in total. The van der Waals surface area contributed by atoms with E-state index in [1.165, 1.54) is 17.0 Å². The highest BCUT2D eigenvalue weighted by molar-refractivity contribution is 6.03. The molecule has 3 aromatic carbocycles. The fraction of sp³-hybridized carbons (Fsp3) is 0.333. The number of methoxy groups -OCH3 is 1. The largest absolute Gasteiger partial charge is 0.495 e. The zero-order valence-corrected chi connectivity index (χ0v) is 21.4. The van der Waals surface area contributed by atoms with Crippen LogP contribution in [0.2, 0.25) is 0 Å². The van der Waals surface area contributed by atoms with E-state index >= 15 is 0 Å². The number of carbonyl (C=O) groups excluding carboxylic acids is 2. The Bertz CT molecular complexity index is 1230. The number of para-hydroxylation sites is 2. The van der Waals surface area contributed by atoms with Crippen molar-refractivity contribution in [2.75, 3.05) is 23.9 Å². The minimum absolute atomic E-state index is 0.0592. The van der Waals surface area contributed by atoms with Crippen LogP contribution in [0, 0.1) is 12.7 Å². The SMILES string of the molecule is COc1ccccc1NCC(=O)N(c1cccc(F)c1)C(C(=O)NC1CCCCC1)c1ccccc1C. The molecular weight excluding hydrogens is 469 g/mol. The smallest absolute Gasteiger partial charge is 0.248 e. The molecule has 0 radical (unpaired) electrons. The van der Waals surface area contributed by atoms with E-state index in [4.69, 9.17) is 4.74 Å². The number of halogens is 1. The molecule has 194 valence electrons. The molecule has 1 unspecified atom stereocenters. The van der Waals surface area contributed by atoms with Gasteiger partial charge in [0.1, 0.15) is 17.6 Å². The third-order valence-electron chi connectivity index (χ3n) is 6.83. The number of ether oxygens (including phenoxy) is 1. The van der Waals surface area contributed by atoms with Crippen LogP contribution in [0.1, 0.15) is 49.3 Å². The minimum atomic E-state index is -0.961. The average Bonchev–Trinajstić information content (AvgIpc) is 2.91. The van der Waals surface area contributed by atoms with Gasteiger partial charge in [0, 0.05) is 11.7 Å². The Kier molecular flexibility index (Phi) is 8.77. The molecule has 4 rings (SSSR count). The molecule has 0 heterocycles. The molecule has 3 aromatic rings. The van der Waals surface area contributed by atoms with E-state index in [0.29, 0.717) is 22.7 Å². The number of nitrogens with one attached hydrogen (secondary N) is 2. The molecule has 1 saturated carbocycles. The first-order chi connectivity index (χ1) is 18.0. The first kappa shape index (κ1) is 26.2. The predicted molar refractivity (Wildman–Crippen MR) is 144 cm³/mol. The molecule has 0 saturated heterocycles. The maximum atomic E-state index is 14.4. The van der Waals surface area contributed by atoms with Crippen molar-refractivity contribution in [2.24, 2.45) is 0 Å². The second-order valence-corrected chi connectivity index (χ2v) is 9.40. The van der Waals surface area contributed by atoms with Crippen LogP contribution in [0.4, 0.5) is 15.8 Å². The molecule has 2 amide bonds. The highest BCUT2D eigenvalue weighted by Crippen LogP contribution is 2.32. The molecule has 0 spiro atoms. The first-order valence-electron chi connectivity index (χ1n) is 12.8. The van der Waals surface area contributed by atoms with E-state index in [1.807, 2.05) is 49.4 Å². The van der Waals surface area contributed by atoms with E-state index in [-0.39, 0.29) is 24.4 Å². The number of hydrogen-bond donors (Lipinski definition) is 2. The summed E-state index contributed by atoms with van der Waals surface area (Å²) < 4.78 is 19.8. The number of aryl methyl sites for hydroxylation is 1. The second-order valence-electron chi connectivity index (χ2n) is 9.40. The highest BCUT2D eigenvalue weighted by atomic mass is 19.1. The summed E-state index contributed by atoms with van der Waals surface area (Å²) in [7, 11) is 1.56. The van der Waals surface area contributed by atoms with Gasteiger partial charge in [0.05, 0.1) is 19.3 Å². The number of anilines is 2. The molecule has 0 bridgehead atoms. The van der Waals surface area contributed by atoms with Crippen LogP contribution in [-0.4, -0.2) is 31.5 Å². The molecule has 1 atom stereocenters. The fourth-order valence-corrected chi connectivity index (χ4v) is 4.93. The van der Waals surface area contributed by atoms with Gasteiger partial charge in [0.2, 0.25) is 11.8 Å².